The molecule has 0 saturated carbocycles. The van der Waals surface area contributed by atoms with E-state index < -0.39 is 0 Å². The van der Waals surface area contributed by atoms with Gasteiger partial charge in [-0.1, -0.05) is 41.5 Å². The molecule has 1 aromatic carbocycles. The van der Waals surface area contributed by atoms with Crippen molar-refractivity contribution in [2.45, 2.75) is 65.2 Å². The maximum Gasteiger partial charge on any atom is 0.162 e. The minimum absolute atomic E-state index is 0.0895. The van der Waals surface area contributed by atoms with Gasteiger partial charge in [-0.15, -0.1) is 11.6 Å². The number of aromatic hydroxyl groups is 1. The fourth-order valence-electron chi connectivity index (χ4n) is 2.31. The average molecular weight is 311 g/mol. The highest BCUT2D eigenvalue weighted by molar-refractivity contribution is 6.18. The monoisotopic (exact) mass is 310 g/mol. The van der Waals surface area contributed by atoms with Crippen LogP contribution in [0, 0.1) is 0 Å². The number of ketones is 1. The maximum atomic E-state index is 12.3. The molecule has 2 nitrogen and oxygen atoms in total. The van der Waals surface area contributed by atoms with Gasteiger partial charge in [0, 0.05) is 29.0 Å². The molecule has 0 aliphatic heterocycles. The lowest BCUT2D eigenvalue weighted by Crippen LogP contribution is -2.19. The van der Waals surface area contributed by atoms with Crippen LogP contribution in [-0.2, 0) is 10.8 Å². The first-order chi connectivity index (χ1) is 9.48. The van der Waals surface area contributed by atoms with E-state index in [0.717, 1.165) is 11.1 Å². The molecule has 1 aromatic rings. The number of halogens is 1. The summed E-state index contributed by atoms with van der Waals surface area (Å²) in [6.07, 6.45) is 1.12. The van der Waals surface area contributed by atoms with Crippen LogP contribution in [0.5, 0.6) is 5.75 Å². The number of carbonyl (C=O) groups is 1. The summed E-state index contributed by atoms with van der Waals surface area (Å²) in [5, 5.41) is 10.6. The number of phenols is 1. The molecule has 0 bridgehead atoms. The molecule has 0 aromatic heterocycles. The topological polar surface area (TPSA) is 37.3 Å². The third-order valence-corrected chi connectivity index (χ3v) is 3.85. The summed E-state index contributed by atoms with van der Waals surface area (Å²) in [4.78, 5) is 12.3. The molecule has 118 valence electrons. The highest BCUT2D eigenvalue weighted by atomic mass is 35.5. The molecular weight excluding hydrogens is 284 g/mol. The molecule has 21 heavy (non-hydrogen) atoms. The number of rotatable bonds is 4. The van der Waals surface area contributed by atoms with E-state index in [1.807, 2.05) is 53.7 Å². The number of phenolic OH excluding ortho intramolecular Hbond substituents is 1. The Kier molecular flexibility index (Phi) is 5.49. The van der Waals surface area contributed by atoms with E-state index in [1.54, 1.807) is 0 Å². The Morgan fingerprint density at radius 2 is 1.48 bits per heavy atom. The summed E-state index contributed by atoms with van der Waals surface area (Å²) in [7, 11) is 0. The van der Waals surface area contributed by atoms with E-state index >= 15 is 0 Å². The van der Waals surface area contributed by atoms with Gasteiger partial charge in [0.25, 0.3) is 0 Å². The van der Waals surface area contributed by atoms with Crippen LogP contribution in [0.15, 0.2) is 12.1 Å². The average Bonchev–Trinajstić information content (AvgIpc) is 2.33. The van der Waals surface area contributed by atoms with E-state index in [1.165, 1.54) is 0 Å². The minimum atomic E-state index is -0.215. The third kappa shape index (κ3) is 4.47. The largest absolute Gasteiger partial charge is 0.507 e. The molecule has 0 amide bonds. The van der Waals surface area contributed by atoms with Crippen molar-refractivity contribution in [3.8, 4) is 5.75 Å². The molecule has 3 heteroatoms. The summed E-state index contributed by atoms with van der Waals surface area (Å²) in [6.45, 7) is 12.3. The van der Waals surface area contributed by atoms with Crippen molar-refractivity contribution in [2.24, 2.45) is 0 Å². The Labute approximate surface area is 133 Å². The SMILES string of the molecule is CC(C)(C)c1cc(C(=O)CCCCl)cc(C(C)(C)C)c1O. The second-order valence-electron chi connectivity index (χ2n) is 7.64. The molecule has 0 saturated heterocycles. The summed E-state index contributed by atoms with van der Waals surface area (Å²) in [6, 6.07) is 3.67. The van der Waals surface area contributed by atoms with E-state index in [0.29, 0.717) is 30.0 Å². The molecular formula is C18H27ClO2. The Hall–Kier alpha value is -1.02. The van der Waals surface area contributed by atoms with Crippen molar-refractivity contribution in [2.75, 3.05) is 5.88 Å². The third-order valence-electron chi connectivity index (χ3n) is 3.59. The van der Waals surface area contributed by atoms with Gasteiger partial charge >= 0.3 is 0 Å². The van der Waals surface area contributed by atoms with E-state index in [9.17, 15) is 9.90 Å². The first kappa shape index (κ1) is 18.0. The van der Waals surface area contributed by atoms with Gasteiger partial charge in [0.05, 0.1) is 0 Å². The summed E-state index contributed by atoms with van der Waals surface area (Å²) in [5.41, 5.74) is 1.89. The molecule has 0 spiro atoms. The minimum Gasteiger partial charge on any atom is -0.507 e. The van der Waals surface area contributed by atoms with Crippen LogP contribution in [-0.4, -0.2) is 16.8 Å². The van der Waals surface area contributed by atoms with E-state index in [4.69, 9.17) is 11.6 Å². The standard InChI is InChI=1S/C18H27ClO2/c1-17(2,3)13-10-12(15(20)8-7-9-19)11-14(16(13)21)18(4,5)6/h10-11,21H,7-9H2,1-6H3. The number of alkyl halides is 1. The molecule has 0 unspecified atom stereocenters. The number of Topliss-reactive ketones (excluding diaryl/α,β-unsaturated/α-hetero) is 1. The molecule has 0 aliphatic carbocycles. The summed E-state index contributed by atoms with van der Waals surface area (Å²) >= 11 is 5.67. The Bertz CT molecular complexity index is 484. The van der Waals surface area contributed by atoms with Gasteiger partial charge in [-0.2, -0.15) is 0 Å². The van der Waals surface area contributed by atoms with Crippen LogP contribution in [0.4, 0.5) is 0 Å². The first-order valence-corrected chi connectivity index (χ1v) is 7.99. The van der Waals surface area contributed by atoms with Crippen LogP contribution in [0.3, 0.4) is 0 Å². The molecule has 0 fully saturated rings. The van der Waals surface area contributed by atoms with Crippen molar-refractivity contribution in [1.29, 1.82) is 0 Å². The fourth-order valence-corrected chi connectivity index (χ4v) is 2.44. The van der Waals surface area contributed by atoms with Crippen molar-refractivity contribution in [3.63, 3.8) is 0 Å². The molecule has 1 N–H and O–H groups in total. The van der Waals surface area contributed by atoms with Crippen molar-refractivity contribution >= 4 is 17.4 Å². The van der Waals surface area contributed by atoms with Gasteiger partial charge in [0.2, 0.25) is 0 Å². The summed E-state index contributed by atoms with van der Waals surface area (Å²) in [5.74, 6) is 0.887. The zero-order valence-corrected chi connectivity index (χ0v) is 14.8. The van der Waals surface area contributed by atoms with Gasteiger partial charge < -0.3 is 5.11 Å². The molecule has 0 heterocycles. The van der Waals surface area contributed by atoms with Gasteiger partial charge in [-0.25, -0.2) is 0 Å². The normalized spacial score (nSPS) is 12.5. The lowest BCUT2D eigenvalue weighted by Gasteiger charge is -2.28. The van der Waals surface area contributed by atoms with Gasteiger partial charge in [0.15, 0.2) is 5.78 Å². The van der Waals surface area contributed by atoms with Gasteiger partial charge in [-0.3, -0.25) is 4.79 Å². The fraction of sp³-hybridized carbons (Fsp3) is 0.611. The Balaban J connectivity index is 3.44. The highest BCUT2D eigenvalue weighted by Gasteiger charge is 2.27. The second-order valence-corrected chi connectivity index (χ2v) is 8.01. The van der Waals surface area contributed by atoms with Crippen molar-refractivity contribution < 1.29 is 9.90 Å². The van der Waals surface area contributed by atoms with Crippen molar-refractivity contribution in [3.05, 3.63) is 28.8 Å². The highest BCUT2D eigenvalue weighted by Crippen LogP contribution is 2.40. The Morgan fingerprint density at radius 1 is 1.05 bits per heavy atom. The lowest BCUT2D eigenvalue weighted by molar-refractivity contribution is 0.0981. The van der Waals surface area contributed by atoms with Crippen molar-refractivity contribution in [1.82, 2.24) is 0 Å². The van der Waals surface area contributed by atoms with Crippen LogP contribution in [0.1, 0.15) is 75.9 Å². The van der Waals surface area contributed by atoms with E-state index in [2.05, 4.69) is 0 Å². The molecule has 0 atom stereocenters. The number of benzene rings is 1. The van der Waals surface area contributed by atoms with Crippen LogP contribution >= 0.6 is 11.6 Å². The van der Waals surface area contributed by atoms with Gasteiger partial charge in [-0.05, 0) is 29.4 Å². The number of carbonyl (C=O) groups excluding carboxylic acids is 1. The quantitative estimate of drug-likeness (QED) is 0.614. The smallest absolute Gasteiger partial charge is 0.162 e. The molecule has 1 rings (SSSR count). The van der Waals surface area contributed by atoms with E-state index in [-0.39, 0.29) is 16.6 Å². The van der Waals surface area contributed by atoms with Crippen LogP contribution in [0.25, 0.3) is 0 Å². The number of hydrogen-bond acceptors (Lipinski definition) is 2. The lowest BCUT2D eigenvalue weighted by atomic mass is 9.78. The first-order valence-electron chi connectivity index (χ1n) is 7.45. The van der Waals surface area contributed by atoms with Crippen LogP contribution in [0.2, 0.25) is 0 Å². The predicted molar refractivity (Wildman–Crippen MR) is 89.8 cm³/mol. The molecule has 0 radical (unpaired) electrons. The predicted octanol–water partition coefficient (Wildman–Crippen LogP) is 5.19. The number of hydrogen-bond donors (Lipinski definition) is 1. The summed E-state index contributed by atoms with van der Waals surface area (Å²) < 4.78 is 0. The molecule has 0 aliphatic rings. The zero-order chi connectivity index (χ0) is 16.4. The second kappa shape index (κ2) is 6.39. The maximum absolute atomic E-state index is 12.3. The van der Waals surface area contributed by atoms with Gasteiger partial charge in [0.1, 0.15) is 5.75 Å². The van der Waals surface area contributed by atoms with Crippen LogP contribution < -0.4 is 0 Å². The zero-order valence-electron chi connectivity index (χ0n) is 14.0. The Morgan fingerprint density at radius 3 is 1.81 bits per heavy atom.